The topological polar surface area (TPSA) is 9.23 Å². The molecule has 0 aromatic carbocycles. The number of ether oxygens (including phenoxy) is 1. The van der Waals surface area contributed by atoms with Gasteiger partial charge in [0.05, 0.1) is 6.10 Å². The van der Waals surface area contributed by atoms with Crippen molar-refractivity contribution in [3.05, 3.63) is 59.9 Å². The molecule has 1 heteroatoms. The van der Waals surface area contributed by atoms with Gasteiger partial charge in [-0.2, -0.15) is 0 Å². The van der Waals surface area contributed by atoms with Crippen LogP contribution in [-0.2, 0) is 4.74 Å². The van der Waals surface area contributed by atoms with E-state index in [1.54, 1.807) is 0 Å². The average molecular weight is 303 g/mol. The molecule has 0 saturated heterocycles. The van der Waals surface area contributed by atoms with Gasteiger partial charge in [-0.25, -0.2) is 0 Å². The van der Waals surface area contributed by atoms with E-state index in [-0.39, 0.29) is 6.10 Å². The van der Waals surface area contributed by atoms with Gasteiger partial charge in [-0.1, -0.05) is 57.2 Å². The van der Waals surface area contributed by atoms with Crippen molar-refractivity contribution < 1.29 is 4.74 Å². The lowest BCUT2D eigenvalue weighted by atomic mass is 10.0. The van der Waals surface area contributed by atoms with Crippen molar-refractivity contribution in [2.24, 2.45) is 5.92 Å². The minimum Gasteiger partial charge on any atom is -0.491 e. The van der Waals surface area contributed by atoms with Gasteiger partial charge in [0, 0.05) is 0 Å². The molecule has 0 bridgehead atoms. The Bertz CT molecular complexity index is 447. The van der Waals surface area contributed by atoms with Crippen LogP contribution in [0, 0.1) is 5.92 Å². The molecule has 0 amide bonds. The van der Waals surface area contributed by atoms with E-state index in [1.165, 1.54) is 6.42 Å². The van der Waals surface area contributed by atoms with Gasteiger partial charge in [-0.15, -0.1) is 0 Å². The summed E-state index contributed by atoms with van der Waals surface area (Å²) in [5.41, 5.74) is 3.13. The van der Waals surface area contributed by atoms with Crippen LogP contribution in [0.15, 0.2) is 59.9 Å². The highest BCUT2D eigenvalue weighted by Gasteiger charge is 2.10. The van der Waals surface area contributed by atoms with Crippen molar-refractivity contribution in [2.75, 3.05) is 0 Å². The smallest absolute Gasteiger partial charge is 0.116 e. The maximum absolute atomic E-state index is 6.17. The number of hydrogen-bond acceptors (Lipinski definition) is 1. The van der Waals surface area contributed by atoms with Crippen LogP contribution in [0.2, 0.25) is 0 Å². The predicted molar refractivity (Wildman–Crippen MR) is 99.8 cm³/mol. The van der Waals surface area contributed by atoms with E-state index in [2.05, 4.69) is 40.0 Å². The molecule has 0 aliphatic rings. The fourth-order valence-corrected chi connectivity index (χ4v) is 1.94. The predicted octanol–water partition coefficient (Wildman–Crippen LogP) is 6.76. The fraction of sp³-hybridized carbons (Fsp3) is 0.524. The van der Waals surface area contributed by atoms with Crippen LogP contribution < -0.4 is 0 Å². The van der Waals surface area contributed by atoms with Crippen molar-refractivity contribution >= 4 is 0 Å². The van der Waals surface area contributed by atoms with Gasteiger partial charge < -0.3 is 4.74 Å². The lowest BCUT2D eigenvalue weighted by molar-refractivity contribution is 0.107. The highest BCUT2D eigenvalue weighted by molar-refractivity contribution is 5.42. The van der Waals surface area contributed by atoms with E-state index in [0.29, 0.717) is 5.92 Å². The third-order valence-corrected chi connectivity index (χ3v) is 3.45. The third-order valence-electron chi connectivity index (χ3n) is 3.45. The molecule has 1 atom stereocenters. The molecular formula is C21H34O. The highest BCUT2D eigenvalue weighted by atomic mass is 16.5. The average Bonchev–Trinajstić information content (AvgIpc) is 2.44. The van der Waals surface area contributed by atoms with Crippen molar-refractivity contribution in [3.8, 4) is 0 Å². The molecule has 0 aliphatic heterocycles. The van der Waals surface area contributed by atoms with Gasteiger partial charge >= 0.3 is 0 Å². The van der Waals surface area contributed by atoms with Crippen LogP contribution in [0.3, 0.4) is 0 Å². The van der Waals surface area contributed by atoms with E-state index >= 15 is 0 Å². The molecule has 0 aromatic heterocycles. The summed E-state index contributed by atoms with van der Waals surface area (Å²) in [7, 11) is 0. The van der Waals surface area contributed by atoms with Gasteiger partial charge in [0.15, 0.2) is 0 Å². The summed E-state index contributed by atoms with van der Waals surface area (Å²) in [5.74, 6) is 1.63. The molecular weight excluding hydrogens is 268 g/mol. The SMILES string of the molecule is C=C(C)\C=C/C(=C/C(=C\C)OC(CC)CCC(C)C)C(=C)C. The van der Waals surface area contributed by atoms with E-state index in [4.69, 9.17) is 4.74 Å². The van der Waals surface area contributed by atoms with Gasteiger partial charge in [-0.3, -0.25) is 0 Å². The first kappa shape index (κ1) is 20.5. The van der Waals surface area contributed by atoms with Gasteiger partial charge in [-0.05, 0) is 63.7 Å². The Hall–Kier alpha value is -1.50. The van der Waals surface area contributed by atoms with Crippen LogP contribution in [0.5, 0.6) is 0 Å². The summed E-state index contributed by atoms with van der Waals surface area (Å²) in [6.07, 6.45) is 11.8. The standard InChI is InChI=1S/C21H34O/c1-9-20(14-12-17(5)6)22-21(10-2)15-19(18(7)8)13-11-16(3)4/h10-11,13,15,17,20H,3,7,9,12,14H2,1-2,4-6,8H3/b13-11-,19-15-,21-10+. The molecule has 22 heavy (non-hydrogen) atoms. The zero-order chi connectivity index (χ0) is 17.1. The molecule has 0 spiro atoms. The Morgan fingerprint density at radius 1 is 1.09 bits per heavy atom. The van der Waals surface area contributed by atoms with Crippen molar-refractivity contribution in [3.63, 3.8) is 0 Å². The minimum atomic E-state index is 0.279. The molecule has 1 nitrogen and oxygen atoms in total. The molecule has 0 fully saturated rings. The van der Waals surface area contributed by atoms with Gasteiger partial charge in [0.1, 0.15) is 5.76 Å². The van der Waals surface area contributed by atoms with Crippen LogP contribution in [0.25, 0.3) is 0 Å². The van der Waals surface area contributed by atoms with E-state index in [1.807, 2.05) is 39.0 Å². The third kappa shape index (κ3) is 9.44. The van der Waals surface area contributed by atoms with Gasteiger partial charge in [0.25, 0.3) is 0 Å². The van der Waals surface area contributed by atoms with Crippen LogP contribution in [0.1, 0.15) is 60.8 Å². The monoisotopic (exact) mass is 302 g/mol. The Balaban J connectivity index is 5.02. The molecule has 0 rings (SSSR count). The quantitative estimate of drug-likeness (QED) is 0.320. The van der Waals surface area contributed by atoms with Crippen LogP contribution >= 0.6 is 0 Å². The van der Waals surface area contributed by atoms with Crippen molar-refractivity contribution in [1.82, 2.24) is 0 Å². The number of allylic oxidation sites excluding steroid dienone is 7. The summed E-state index contributed by atoms with van der Waals surface area (Å²) in [6.45, 7) is 20.6. The molecule has 0 aliphatic carbocycles. The van der Waals surface area contributed by atoms with Crippen molar-refractivity contribution in [1.29, 1.82) is 0 Å². The molecule has 124 valence electrons. The Morgan fingerprint density at radius 2 is 1.73 bits per heavy atom. The normalized spacial score (nSPS) is 14.5. The molecule has 1 unspecified atom stereocenters. The largest absolute Gasteiger partial charge is 0.491 e. The molecule has 0 saturated carbocycles. The maximum Gasteiger partial charge on any atom is 0.116 e. The molecule has 0 radical (unpaired) electrons. The molecule has 0 heterocycles. The zero-order valence-corrected chi connectivity index (χ0v) is 15.4. The Labute approximate surface area is 138 Å². The summed E-state index contributed by atoms with van der Waals surface area (Å²) in [6, 6.07) is 0. The first-order valence-corrected chi connectivity index (χ1v) is 8.34. The minimum absolute atomic E-state index is 0.279. The molecule has 0 N–H and O–H groups in total. The van der Waals surface area contributed by atoms with Gasteiger partial charge in [0.2, 0.25) is 0 Å². The fourth-order valence-electron chi connectivity index (χ4n) is 1.94. The Morgan fingerprint density at radius 3 is 2.14 bits per heavy atom. The maximum atomic E-state index is 6.17. The lowest BCUT2D eigenvalue weighted by Crippen LogP contribution is -2.12. The first-order chi connectivity index (χ1) is 10.3. The lowest BCUT2D eigenvalue weighted by Gasteiger charge is -2.19. The second-order valence-corrected chi connectivity index (χ2v) is 6.37. The van der Waals surface area contributed by atoms with Crippen LogP contribution in [-0.4, -0.2) is 6.10 Å². The summed E-state index contributed by atoms with van der Waals surface area (Å²) >= 11 is 0. The van der Waals surface area contributed by atoms with Crippen LogP contribution in [0.4, 0.5) is 0 Å². The summed E-state index contributed by atoms with van der Waals surface area (Å²) in [5, 5.41) is 0. The Kier molecular flexibility index (Phi) is 10.4. The zero-order valence-electron chi connectivity index (χ0n) is 15.4. The summed E-state index contributed by atoms with van der Waals surface area (Å²) in [4.78, 5) is 0. The number of hydrogen-bond donors (Lipinski definition) is 0. The van der Waals surface area contributed by atoms with Crippen molar-refractivity contribution in [2.45, 2.75) is 66.9 Å². The highest BCUT2D eigenvalue weighted by Crippen LogP contribution is 2.19. The number of rotatable bonds is 10. The first-order valence-electron chi connectivity index (χ1n) is 8.34. The summed E-state index contributed by atoms with van der Waals surface area (Å²) < 4.78 is 6.17. The second kappa shape index (κ2) is 11.1. The van der Waals surface area contributed by atoms with E-state index in [9.17, 15) is 0 Å². The van der Waals surface area contributed by atoms with E-state index in [0.717, 1.165) is 35.3 Å². The van der Waals surface area contributed by atoms with E-state index < -0.39 is 0 Å². The second-order valence-electron chi connectivity index (χ2n) is 6.37. The molecule has 0 aromatic rings.